The highest BCUT2D eigenvalue weighted by molar-refractivity contribution is 9.10. The van der Waals surface area contributed by atoms with Crippen LogP contribution in [0.15, 0.2) is 22.7 Å². The molecular formula is C17H24BrN. The Kier molecular flexibility index (Phi) is 3.01. The molecule has 0 amide bonds. The van der Waals surface area contributed by atoms with Crippen molar-refractivity contribution in [3.8, 4) is 0 Å². The van der Waals surface area contributed by atoms with Gasteiger partial charge in [-0.25, -0.2) is 0 Å². The fraction of sp³-hybridized carbons (Fsp3) is 0.647. The van der Waals surface area contributed by atoms with Crippen LogP contribution in [0.5, 0.6) is 0 Å². The molecule has 2 aliphatic rings. The van der Waals surface area contributed by atoms with Crippen LogP contribution in [0, 0.1) is 23.7 Å². The van der Waals surface area contributed by atoms with Gasteiger partial charge in [0, 0.05) is 16.2 Å². The summed E-state index contributed by atoms with van der Waals surface area (Å²) in [7, 11) is 0. The molecule has 2 bridgehead atoms. The molecule has 3 atom stereocenters. The van der Waals surface area contributed by atoms with E-state index >= 15 is 0 Å². The molecule has 104 valence electrons. The van der Waals surface area contributed by atoms with Crippen molar-refractivity contribution in [2.24, 2.45) is 16.7 Å². The smallest absolute Gasteiger partial charge is 0.0487 e. The van der Waals surface area contributed by atoms with Crippen molar-refractivity contribution < 1.29 is 0 Å². The van der Waals surface area contributed by atoms with E-state index in [9.17, 15) is 0 Å². The van der Waals surface area contributed by atoms with Gasteiger partial charge in [-0.1, -0.05) is 26.8 Å². The quantitative estimate of drug-likeness (QED) is 0.770. The first-order chi connectivity index (χ1) is 8.84. The molecule has 0 aliphatic heterocycles. The SMILES string of the molecule is Cc1ccc(NC2CC3CCC2(C)C3(C)C)c(Br)c1. The second kappa shape index (κ2) is 4.25. The lowest BCUT2D eigenvalue weighted by atomic mass is 9.69. The van der Waals surface area contributed by atoms with E-state index in [0.717, 1.165) is 5.92 Å². The molecule has 2 aliphatic carbocycles. The molecule has 0 radical (unpaired) electrons. The number of rotatable bonds is 2. The predicted molar refractivity (Wildman–Crippen MR) is 85.5 cm³/mol. The van der Waals surface area contributed by atoms with Gasteiger partial charge in [0.05, 0.1) is 0 Å². The van der Waals surface area contributed by atoms with Gasteiger partial charge in [0.2, 0.25) is 0 Å². The van der Waals surface area contributed by atoms with Crippen LogP contribution in [0.25, 0.3) is 0 Å². The van der Waals surface area contributed by atoms with Gasteiger partial charge in [-0.3, -0.25) is 0 Å². The second-order valence-corrected chi connectivity index (χ2v) is 8.15. The topological polar surface area (TPSA) is 12.0 Å². The Balaban J connectivity index is 1.86. The van der Waals surface area contributed by atoms with Crippen molar-refractivity contribution in [1.82, 2.24) is 0 Å². The van der Waals surface area contributed by atoms with Crippen LogP contribution in [0.3, 0.4) is 0 Å². The number of halogens is 1. The van der Waals surface area contributed by atoms with E-state index in [2.05, 4.69) is 67.1 Å². The maximum Gasteiger partial charge on any atom is 0.0487 e. The van der Waals surface area contributed by atoms with E-state index < -0.39 is 0 Å². The highest BCUT2D eigenvalue weighted by Crippen LogP contribution is 2.65. The molecule has 1 nitrogen and oxygen atoms in total. The Hall–Kier alpha value is -0.500. The van der Waals surface area contributed by atoms with Crippen molar-refractivity contribution in [1.29, 1.82) is 0 Å². The molecular weight excluding hydrogens is 298 g/mol. The minimum atomic E-state index is 0.433. The Bertz CT molecular complexity index is 508. The Morgan fingerprint density at radius 2 is 2.00 bits per heavy atom. The van der Waals surface area contributed by atoms with Crippen molar-refractivity contribution in [2.45, 2.75) is 53.0 Å². The highest BCUT2D eigenvalue weighted by atomic mass is 79.9. The molecule has 0 aromatic heterocycles. The van der Waals surface area contributed by atoms with Crippen LogP contribution in [0.1, 0.15) is 45.6 Å². The molecule has 3 unspecified atom stereocenters. The zero-order chi connectivity index (χ0) is 13.8. The van der Waals surface area contributed by atoms with Crippen LogP contribution in [0.2, 0.25) is 0 Å². The lowest BCUT2D eigenvalue weighted by Gasteiger charge is -2.40. The molecule has 19 heavy (non-hydrogen) atoms. The van der Waals surface area contributed by atoms with Crippen molar-refractivity contribution in [3.05, 3.63) is 28.2 Å². The van der Waals surface area contributed by atoms with Gasteiger partial charge < -0.3 is 5.32 Å². The summed E-state index contributed by atoms with van der Waals surface area (Å²) in [5.41, 5.74) is 3.46. The van der Waals surface area contributed by atoms with Gasteiger partial charge in [0.1, 0.15) is 0 Å². The van der Waals surface area contributed by atoms with Crippen molar-refractivity contribution in [3.63, 3.8) is 0 Å². The monoisotopic (exact) mass is 321 g/mol. The van der Waals surface area contributed by atoms with E-state index in [4.69, 9.17) is 0 Å². The number of aryl methyl sites for hydroxylation is 1. The number of nitrogens with one attached hydrogen (secondary N) is 1. The summed E-state index contributed by atoms with van der Waals surface area (Å²) in [5.74, 6) is 0.888. The van der Waals surface area contributed by atoms with Crippen LogP contribution in [0.4, 0.5) is 5.69 Å². The second-order valence-electron chi connectivity index (χ2n) is 7.29. The minimum absolute atomic E-state index is 0.433. The molecule has 2 saturated carbocycles. The zero-order valence-corrected chi connectivity index (χ0v) is 14.0. The number of hydrogen-bond acceptors (Lipinski definition) is 1. The van der Waals surface area contributed by atoms with Crippen LogP contribution in [-0.2, 0) is 0 Å². The fourth-order valence-electron chi connectivity index (χ4n) is 4.35. The molecule has 1 aromatic rings. The molecule has 2 heteroatoms. The molecule has 1 N–H and O–H groups in total. The predicted octanol–water partition coefficient (Wildman–Crippen LogP) is 5.38. The van der Waals surface area contributed by atoms with Gasteiger partial charge in [-0.2, -0.15) is 0 Å². The Labute approximate surface area is 125 Å². The summed E-state index contributed by atoms with van der Waals surface area (Å²) >= 11 is 3.69. The van der Waals surface area contributed by atoms with E-state index in [-0.39, 0.29) is 0 Å². The molecule has 0 saturated heterocycles. The van der Waals surface area contributed by atoms with E-state index in [0.29, 0.717) is 16.9 Å². The highest BCUT2D eigenvalue weighted by Gasteiger charge is 2.61. The van der Waals surface area contributed by atoms with Gasteiger partial charge in [0.25, 0.3) is 0 Å². The molecule has 0 heterocycles. The summed E-state index contributed by atoms with van der Waals surface area (Å²) < 4.78 is 1.19. The zero-order valence-electron chi connectivity index (χ0n) is 12.4. The van der Waals surface area contributed by atoms with Crippen LogP contribution >= 0.6 is 15.9 Å². The first kappa shape index (κ1) is 13.5. The lowest BCUT2D eigenvalue weighted by Crippen LogP contribution is -2.40. The first-order valence-electron chi connectivity index (χ1n) is 7.37. The third kappa shape index (κ3) is 1.86. The molecule has 3 rings (SSSR count). The number of anilines is 1. The van der Waals surface area contributed by atoms with E-state index in [1.54, 1.807) is 0 Å². The normalized spacial score (nSPS) is 35.6. The van der Waals surface area contributed by atoms with E-state index in [1.807, 2.05) is 0 Å². The van der Waals surface area contributed by atoms with Crippen molar-refractivity contribution in [2.75, 3.05) is 5.32 Å². The maximum atomic E-state index is 3.82. The third-order valence-electron chi connectivity index (χ3n) is 6.25. The summed E-state index contributed by atoms with van der Waals surface area (Å²) in [6.07, 6.45) is 4.10. The molecule has 0 spiro atoms. The van der Waals surface area contributed by atoms with Crippen molar-refractivity contribution >= 4 is 21.6 Å². The fourth-order valence-corrected chi connectivity index (χ4v) is 4.95. The molecule has 1 aromatic carbocycles. The van der Waals surface area contributed by atoms with Gasteiger partial charge in [-0.15, -0.1) is 0 Å². The summed E-state index contributed by atoms with van der Waals surface area (Å²) in [6, 6.07) is 7.21. The summed E-state index contributed by atoms with van der Waals surface area (Å²) in [6.45, 7) is 9.56. The van der Waals surface area contributed by atoms with Gasteiger partial charge in [-0.05, 0) is 76.6 Å². The molecule has 2 fully saturated rings. The maximum absolute atomic E-state index is 3.82. The van der Waals surface area contributed by atoms with Gasteiger partial charge >= 0.3 is 0 Å². The van der Waals surface area contributed by atoms with E-state index in [1.165, 1.54) is 35.0 Å². The lowest BCUT2D eigenvalue weighted by molar-refractivity contribution is 0.142. The number of hydrogen-bond donors (Lipinski definition) is 1. The summed E-state index contributed by atoms with van der Waals surface area (Å²) in [4.78, 5) is 0. The largest absolute Gasteiger partial charge is 0.381 e. The average Bonchev–Trinajstić information content (AvgIpc) is 2.65. The summed E-state index contributed by atoms with van der Waals surface area (Å²) in [5, 5.41) is 3.82. The first-order valence-corrected chi connectivity index (χ1v) is 8.16. The van der Waals surface area contributed by atoms with Crippen LogP contribution < -0.4 is 5.32 Å². The number of fused-ring (bicyclic) bond motifs is 2. The Morgan fingerprint density at radius 1 is 1.26 bits per heavy atom. The van der Waals surface area contributed by atoms with Gasteiger partial charge in [0.15, 0.2) is 0 Å². The number of benzene rings is 1. The average molecular weight is 322 g/mol. The minimum Gasteiger partial charge on any atom is -0.381 e. The van der Waals surface area contributed by atoms with Crippen LogP contribution in [-0.4, -0.2) is 6.04 Å². The Morgan fingerprint density at radius 3 is 2.53 bits per heavy atom. The standard InChI is InChI=1S/C17H24BrN/c1-11-5-6-14(13(18)9-11)19-15-10-12-7-8-17(15,4)16(12,2)3/h5-6,9,12,15,19H,7-8,10H2,1-4H3. The third-order valence-corrected chi connectivity index (χ3v) is 6.90.